The monoisotopic (exact) mass is 284 g/mol. The van der Waals surface area contributed by atoms with Gasteiger partial charge in [-0.1, -0.05) is 35.9 Å². The summed E-state index contributed by atoms with van der Waals surface area (Å²) in [6, 6.07) is 16.2. The highest BCUT2D eigenvalue weighted by molar-refractivity contribution is 7.24. The first-order valence-corrected chi connectivity index (χ1v) is 7.13. The van der Waals surface area contributed by atoms with Gasteiger partial charge in [0.15, 0.2) is 0 Å². The highest BCUT2D eigenvalue weighted by Crippen LogP contribution is 2.34. The molecule has 4 heteroatoms. The van der Waals surface area contributed by atoms with Crippen molar-refractivity contribution in [3.8, 4) is 11.1 Å². The van der Waals surface area contributed by atoms with Crippen molar-refractivity contribution < 1.29 is 0 Å². The van der Waals surface area contributed by atoms with E-state index in [0.717, 1.165) is 21.7 Å². The Morgan fingerprint density at radius 3 is 2.63 bits per heavy atom. The maximum absolute atomic E-state index is 5.94. The van der Waals surface area contributed by atoms with E-state index in [1.807, 2.05) is 41.0 Å². The van der Waals surface area contributed by atoms with Crippen LogP contribution in [0.25, 0.3) is 26.2 Å². The Morgan fingerprint density at radius 1 is 1.00 bits per heavy atom. The fourth-order valence-corrected chi connectivity index (χ4v) is 3.51. The fourth-order valence-electron chi connectivity index (χ4n) is 2.26. The molecule has 0 N–H and O–H groups in total. The molecule has 0 fully saturated rings. The zero-order chi connectivity index (χ0) is 12.8. The van der Waals surface area contributed by atoms with Crippen molar-refractivity contribution >= 4 is 38.0 Å². The summed E-state index contributed by atoms with van der Waals surface area (Å²) in [5.74, 6) is 0. The van der Waals surface area contributed by atoms with Crippen LogP contribution in [0.1, 0.15) is 0 Å². The molecule has 4 aromatic rings. The van der Waals surface area contributed by atoms with Crippen LogP contribution in [-0.2, 0) is 0 Å². The number of hydrogen-bond donors (Lipinski definition) is 0. The van der Waals surface area contributed by atoms with Crippen LogP contribution in [0.15, 0.2) is 54.7 Å². The number of para-hydroxylation sites is 1. The van der Waals surface area contributed by atoms with Crippen molar-refractivity contribution in [2.75, 3.05) is 0 Å². The lowest BCUT2D eigenvalue weighted by Crippen LogP contribution is -1.80. The normalized spacial score (nSPS) is 11.4. The molecular formula is C15H9ClN2S. The van der Waals surface area contributed by atoms with Crippen molar-refractivity contribution in [2.45, 2.75) is 0 Å². The first-order valence-electron chi connectivity index (χ1n) is 5.94. The van der Waals surface area contributed by atoms with Gasteiger partial charge in [-0.15, -0.1) is 11.3 Å². The molecule has 2 aromatic carbocycles. The van der Waals surface area contributed by atoms with Crippen LogP contribution in [0, 0.1) is 0 Å². The second-order valence-corrected chi connectivity index (χ2v) is 5.82. The topological polar surface area (TPSA) is 17.3 Å². The van der Waals surface area contributed by atoms with E-state index in [4.69, 9.17) is 11.6 Å². The van der Waals surface area contributed by atoms with E-state index in [1.165, 1.54) is 9.53 Å². The highest BCUT2D eigenvalue weighted by atomic mass is 35.5. The summed E-state index contributed by atoms with van der Waals surface area (Å²) in [7, 11) is 0. The van der Waals surface area contributed by atoms with Crippen molar-refractivity contribution in [3.63, 3.8) is 0 Å². The fraction of sp³-hybridized carbons (Fsp3) is 0. The third-order valence-electron chi connectivity index (χ3n) is 3.18. The molecule has 0 atom stereocenters. The van der Waals surface area contributed by atoms with Gasteiger partial charge in [0.1, 0.15) is 4.83 Å². The van der Waals surface area contributed by atoms with E-state index >= 15 is 0 Å². The maximum atomic E-state index is 5.94. The minimum absolute atomic E-state index is 0.753. The van der Waals surface area contributed by atoms with Crippen molar-refractivity contribution in [3.05, 3.63) is 59.8 Å². The van der Waals surface area contributed by atoms with Gasteiger partial charge in [0.25, 0.3) is 0 Å². The van der Waals surface area contributed by atoms with Crippen LogP contribution < -0.4 is 0 Å². The number of hydrogen-bond acceptors (Lipinski definition) is 2. The van der Waals surface area contributed by atoms with Gasteiger partial charge in [-0.25, -0.2) is 4.52 Å². The van der Waals surface area contributed by atoms with Gasteiger partial charge >= 0.3 is 0 Å². The number of aromatic nitrogens is 2. The van der Waals surface area contributed by atoms with Gasteiger partial charge in [-0.2, -0.15) is 5.10 Å². The average molecular weight is 285 g/mol. The lowest BCUT2D eigenvalue weighted by molar-refractivity contribution is 1.02. The Hall–Kier alpha value is -1.84. The number of halogens is 1. The average Bonchev–Trinajstić information content (AvgIpc) is 2.98. The molecule has 92 valence electrons. The SMILES string of the molecule is Clc1ccc(-c2cnn3c2sc2ccccc23)cc1. The lowest BCUT2D eigenvalue weighted by Gasteiger charge is -1.96. The molecule has 0 aliphatic carbocycles. The van der Waals surface area contributed by atoms with Crippen molar-refractivity contribution in [1.82, 2.24) is 9.61 Å². The van der Waals surface area contributed by atoms with E-state index < -0.39 is 0 Å². The third kappa shape index (κ3) is 1.66. The van der Waals surface area contributed by atoms with Gasteiger partial charge in [-0.05, 0) is 29.8 Å². The van der Waals surface area contributed by atoms with E-state index in [0.29, 0.717) is 0 Å². The Morgan fingerprint density at radius 2 is 1.79 bits per heavy atom. The van der Waals surface area contributed by atoms with E-state index in [2.05, 4.69) is 23.3 Å². The van der Waals surface area contributed by atoms with E-state index in [9.17, 15) is 0 Å². The quantitative estimate of drug-likeness (QED) is 0.487. The molecule has 19 heavy (non-hydrogen) atoms. The second kappa shape index (κ2) is 4.08. The van der Waals surface area contributed by atoms with Crippen molar-refractivity contribution in [1.29, 1.82) is 0 Å². The molecule has 0 radical (unpaired) electrons. The third-order valence-corrected chi connectivity index (χ3v) is 4.58. The summed E-state index contributed by atoms with van der Waals surface area (Å²) < 4.78 is 3.25. The molecule has 0 aliphatic heterocycles. The minimum Gasteiger partial charge on any atom is -0.221 e. The number of fused-ring (bicyclic) bond motifs is 3. The van der Waals surface area contributed by atoms with Crippen LogP contribution >= 0.6 is 22.9 Å². The summed E-state index contributed by atoms with van der Waals surface area (Å²) in [5.41, 5.74) is 3.45. The summed E-state index contributed by atoms with van der Waals surface area (Å²) >= 11 is 7.70. The van der Waals surface area contributed by atoms with Gasteiger partial charge in [-0.3, -0.25) is 0 Å². The zero-order valence-corrected chi connectivity index (χ0v) is 11.4. The Labute approximate surface area is 118 Å². The molecule has 0 saturated heterocycles. The molecule has 4 rings (SSSR count). The first kappa shape index (κ1) is 11.0. The maximum Gasteiger partial charge on any atom is 0.128 e. The molecule has 2 nitrogen and oxygen atoms in total. The summed E-state index contributed by atoms with van der Waals surface area (Å²) in [6.07, 6.45) is 1.92. The van der Waals surface area contributed by atoms with E-state index in [-0.39, 0.29) is 0 Å². The van der Waals surface area contributed by atoms with Gasteiger partial charge < -0.3 is 0 Å². The number of thiazole rings is 1. The molecule has 0 bridgehead atoms. The number of nitrogens with zero attached hydrogens (tertiary/aromatic N) is 2. The van der Waals surface area contributed by atoms with Crippen molar-refractivity contribution in [2.24, 2.45) is 0 Å². The van der Waals surface area contributed by atoms with Crippen LogP contribution in [0.4, 0.5) is 0 Å². The molecule has 0 amide bonds. The second-order valence-electron chi connectivity index (χ2n) is 4.35. The predicted octanol–water partition coefficient (Wildman–Crippen LogP) is 4.87. The Balaban J connectivity index is 2.02. The number of benzene rings is 2. The lowest BCUT2D eigenvalue weighted by atomic mass is 10.1. The van der Waals surface area contributed by atoms with Crippen LogP contribution in [-0.4, -0.2) is 9.61 Å². The van der Waals surface area contributed by atoms with Gasteiger partial charge in [0.05, 0.1) is 16.4 Å². The van der Waals surface area contributed by atoms with Gasteiger partial charge in [0.2, 0.25) is 0 Å². The predicted molar refractivity (Wildman–Crippen MR) is 81.0 cm³/mol. The molecule has 2 aromatic heterocycles. The molecule has 0 unspecified atom stereocenters. The Kier molecular flexibility index (Phi) is 2.37. The molecular weight excluding hydrogens is 276 g/mol. The summed E-state index contributed by atoms with van der Waals surface area (Å²) in [4.78, 5) is 1.17. The molecule has 2 heterocycles. The summed E-state index contributed by atoms with van der Waals surface area (Å²) in [5, 5.41) is 5.25. The molecule has 0 aliphatic rings. The Bertz CT molecular complexity index is 874. The largest absolute Gasteiger partial charge is 0.221 e. The molecule has 0 saturated carbocycles. The van der Waals surface area contributed by atoms with Gasteiger partial charge in [0, 0.05) is 10.6 Å². The smallest absolute Gasteiger partial charge is 0.128 e. The van der Waals surface area contributed by atoms with Crippen LogP contribution in [0.5, 0.6) is 0 Å². The molecule has 0 spiro atoms. The standard InChI is InChI=1S/C15H9ClN2S/c16-11-7-5-10(6-8-11)12-9-17-18-13-3-1-2-4-14(13)19-15(12)18/h1-9H. The van der Waals surface area contributed by atoms with Crippen LogP contribution in [0.2, 0.25) is 5.02 Å². The number of rotatable bonds is 1. The summed E-state index contributed by atoms with van der Waals surface area (Å²) in [6.45, 7) is 0. The van der Waals surface area contributed by atoms with Crippen LogP contribution in [0.3, 0.4) is 0 Å². The van der Waals surface area contributed by atoms with E-state index in [1.54, 1.807) is 11.3 Å². The zero-order valence-electron chi connectivity index (χ0n) is 9.88. The highest BCUT2D eigenvalue weighted by Gasteiger charge is 2.11. The minimum atomic E-state index is 0.753. The first-order chi connectivity index (χ1) is 9.33.